The van der Waals surface area contributed by atoms with Crippen LogP contribution in [0.3, 0.4) is 0 Å². The van der Waals surface area contributed by atoms with Crippen molar-refractivity contribution >= 4 is 15.8 Å². The first-order valence-electron chi connectivity index (χ1n) is 7.94. The first kappa shape index (κ1) is 17.9. The number of hydrogen-bond acceptors (Lipinski definition) is 4. The molecule has 0 saturated heterocycles. The van der Waals surface area contributed by atoms with Crippen molar-refractivity contribution in [3.05, 3.63) is 72.1 Å². The van der Waals surface area contributed by atoms with Gasteiger partial charge in [0.15, 0.2) is 9.84 Å². The van der Waals surface area contributed by atoms with E-state index in [1.807, 2.05) is 11.5 Å². The summed E-state index contributed by atoms with van der Waals surface area (Å²) in [6.07, 6.45) is 4.57. The lowest BCUT2D eigenvalue weighted by Gasteiger charge is -2.18. The van der Waals surface area contributed by atoms with Crippen LogP contribution in [0, 0.1) is 0 Å². The van der Waals surface area contributed by atoms with Gasteiger partial charge in [0.2, 0.25) is 0 Å². The summed E-state index contributed by atoms with van der Waals surface area (Å²) in [6.45, 7) is 1.95. The number of carbonyl (C=O) groups is 1. The molecule has 26 heavy (non-hydrogen) atoms. The fraction of sp³-hybridized carbons (Fsp3) is 0.158. The molecule has 6 nitrogen and oxygen atoms in total. The molecule has 7 heteroatoms. The lowest BCUT2D eigenvalue weighted by molar-refractivity contribution is 0.0697. The molecular weight excluding hydrogens is 352 g/mol. The second-order valence-corrected chi connectivity index (χ2v) is 8.04. The summed E-state index contributed by atoms with van der Waals surface area (Å²) >= 11 is 0. The molecule has 0 unspecified atom stereocenters. The lowest BCUT2D eigenvalue weighted by Crippen LogP contribution is -2.10. The van der Waals surface area contributed by atoms with Crippen LogP contribution in [0.5, 0.6) is 0 Å². The fourth-order valence-corrected chi connectivity index (χ4v) is 3.48. The molecule has 134 valence electrons. The Morgan fingerprint density at radius 1 is 1.12 bits per heavy atom. The Bertz CT molecular complexity index is 1050. The van der Waals surface area contributed by atoms with E-state index < -0.39 is 15.8 Å². The predicted octanol–water partition coefficient (Wildman–Crippen LogP) is 3.26. The van der Waals surface area contributed by atoms with Crippen LogP contribution in [0.1, 0.15) is 28.9 Å². The van der Waals surface area contributed by atoms with Crippen LogP contribution >= 0.6 is 0 Å². The van der Waals surface area contributed by atoms with E-state index in [9.17, 15) is 18.3 Å². The van der Waals surface area contributed by atoms with Crippen molar-refractivity contribution in [3.63, 3.8) is 0 Å². The Morgan fingerprint density at radius 2 is 1.77 bits per heavy atom. The number of imidazole rings is 1. The van der Waals surface area contributed by atoms with Gasteiger partial charge in [-0.05, 0) is 30.7 Å². The van der Waals surface area contributed by atoms with Crippen molar-refractivity contribution in [1.82, 2.24) is 9.55 Å². The highest BCUT2D eigenvalue weighted by Crippen LogP contribution is 2.28. The molecule has 0 aliphatic heterocycles. The van der Waals surface area contributed by atoms with Gasteiger partial charge in [0.05, 0.1) is 16.5 Å². The zero-order valence-electron chi connectivity index (χ0n) is 14.3. The van der Waals surface area contributed by atoms with Crippen LogP contribution in [-0.4, -0.2) is 35.3 Å². The minimum atomic E-state index is -3.25. The molecule has 0 spiro atoms. The molecular formula is C19H18N2O4S. The number of rotatable bonds is 5. The molecule has 0 bridgehead atoms. The van der Waals surface area contributed by atoms with Gasteiger partial charge in [0.25, 0.3) is 0 Å². The summed E-state index contributed by atoms with van der Waals surface area (Å²) in [6, 6.07) is 13.2. The SMILES string of the molecule is C[C@H](c1ccc(S(C)(=O)=O)cc1)n1ccnc1-c1ccccc1C(=O)O. The zero-order chi connectivity index (χ0) is 18.9. The average molecular weight is 370 g/mol. The molecule has 0 amide bonds. The molecule has 0 fully saturated rings. The van der Waals surface area contributed by atoms with Gasteiger partial charge in [-0.25, -0.2) is 18.2 Å². The maximum atomic E-state index is 11.6. The molecule has 0 saturated carbocycles. The normalized spacial score (nSPS) is 12.7. The van der Waals surface area contributed by atoms with Crippen molar-refractivity contribution in [3.8, 4) is 11.4 Å². The minimum absolute atomic E-state index is 0.150. The van der Waals surface area contributed by atoms with E-state index in [2.05, 4.69) is 4.98 Å². The maximum absolute atomic E-state index is 11.6. The van der Waals surface area contributed by atoms with Crippen molar-refractivity contribution < 1.29 is 18.3 Å². The number of carboxylic acids is 1. The number of nitrogens with zero attached hydrogens (tertiary/aromatic N) is 2. The fourth-order valence-electron chi connectivity index (χ4n) is 2.85. The molecule has 0 aliphatic rings. The molecule has 0 aliphatic carbocycles. The monoisotopic (exact) mass is 370 g/mol. The predicted molar refractivity (Wildman–Crippen MR) is 98.0 cm³/mol. The van der Waals surface area contributed by atoms with Gasteiger partial charge in [-0.1, -0.05) is 30.3 Å². The van der Waals surface area contributed by atoms with Crippen molar-refractivity contribution in [2.45, 2.75) is 17.9 Å². The van der Waals surface area contributed by atoms with Crippen LogP contribution in [-0.2, 0) is 9.84 Å². The number of carboxylic acid groups (broad SMARTS) is 1. The molecule has 3 rings (SSSR count). The van der Waals surface area contributed by atoms with E-state index in [1.165, 1.54) is 6.26 Å². The largest absolute Gasteiger partial charge is 0.478 e. The Labute approximate surface area is 151 Å². The smallest absolute Gasteiger partial charge is 0.336 e. The molecule has 2 aromatic carbocycles. The quantitative estimate of drug-likeness (QED) is 0.744. The van der Waals surface area contributed by atoms with Crippen LogP contribution < -0.4 is 0 Å². The summed E-state index contributed by atoms with van der Waals surface area (Å²) < 4.78 is 25.1. The van der Waals surface area contributed by atoms with Crippen molar-refractivity contribution in [1.29, 1.82) is 0 Å². The topological polar surface area (TPSA) is 89.3 Å². The van der Waals surface area contributed by atoms with Crippen LogP contribution in [0.25, 0.3) is 11.4 Å². The number of benzene rings is 2. The van der Waals surface area contributed by atoms with E-state index in [4.69, 9.17) is 0 Å². The van der Waals surface area contributed by atoms with Crippen LogP contribution in [0.4, 0.5) is 0 Å². The number of hydrogen-bond donors (Lipinski definition) is 1. The number of aromatic nitrogens is 2. The van der Waals surface area contributed by atoms with E-state index in [1.54, 1.807) is 60.9 Å². The van der Waals surface area contributed by atoms with Crippen LogP contribution in [0.2, 0.25) is 0 Å². The van der Waals surface area contributed by atoms with Gasteiger partial charge in [0, 0.05) is 24.2 Å². The summed E-state index contributed by atoms with van der Waals surface area (Å²) in [5.74, 6) is -0.469. The third-order valence-electron chi connectivity index (χ3n) is 4.27. The molecule has 3 aromatic rings. The van der Waals surface area contributed by atoms with Gasteiger partial charge in [-0.3, -0.25) is 0 Å². The highest BCUT2D eigenvalue weighted by molar-refractivity contribution is 7.90. The van der Waals surface area contributed by atoms with E-state index >= 15 is 0 Å². The number of sulfone groups is 1. The van der Waals surface area contributed by atoms with E-state index in [0.29, 0.717) is 11.4 Å². The zero-order valence-corrected chi connectivity index (χ0v) is 15.1. The van der Waals surface area contributed by atoms with Gasteiger partial charge in [0.1, 0.15) is 5.82 Å². The first-order valence-corrected chi connectivity index (χ1v) is 9.83. The van der Waals surface area contributed by atoms with Crippen molar-refractivity contribution in [2.75, 3.05) is 6.26 Å². The van der Waals surface area contributed by atoms with Gasteiger partial charge < -0.3 is 9.67 Å². The van der Waals surface area contributed by atoms with Gasteiger partial charge in [-0.15, -0.1) is 0 Å². The average Bonchev–Trinajstić information content (AvgIpc) is 3.10. The third kappa shape index (κ3) is 3.39. The van der Waals surface area contributed by atoms with E-state index in [0.717, 1.165) is 5.56 Å². The summed E-state index contributed by atoms with van der Waals surface area (Å²) in [5.41, 5.74) is 1.61. The Hall–Kier alpha value is -2.93. The van der Waals surface area contributed by atoms with E-state index in [-0.39, 0.29) is 16.5 Å². The third-order valence-corrected chi connectivity index (χ3v) is 5.40. The summed E-state index contributed by atoms with van der Waals surface area (Å²) in [7, 11) is -3.25. The van der Waals surface area contributed by atoms with Gasteiger partial charge in [-0.2, -0.15) is 0 Å². The Kier molecular flexibility index (Phi) is 4.65. The highest BCUT2D eigenvalue weighted by atomic mass is 32.2. The molecule has 1 N–H and O–H groups in total. The Morgan fingerprint density at radius 3 is 2.38 bits per heavy atom. The molecule has 1 atom stereocenters. The summed E-state index contributed by atoms with van der Waals surface area (Å²) in [5, 5.41) is 9.42. The molecule has 1 aromatic heterocycles. The summed E-state index contributed by atoms with van der Waals surface area (Å²) in [4.78, 5) is 16.1. The second-order valence-electron chi connectivity index (χ2n) is 6.03. The molecule has 1 heterocycles. The highest BCUT2D eigenvalue weighted by Gasteiger charge is 2.19. The van der Waals surface area contributed by atoms with Crippen LogP contribution in [0.15, 0.2) is 65.8 Å². The lowest BCUT2D eigenvalue weighted by atomic mass is 10.1. The maximum Gasteiger partial charge on any atom is 0.336 e. The molecule has 0 radical (unpaired) electrons. The second kappa shape index (κ2) is 6.76. The number of aromatic carboxylic acids is 1. The minimum Gasteiger partial charge on any atom is -0.478 e. The standard InChI is InChI=1S/C19H18N2O4S/c1-13(14-7-9-15(10-8-14)26(2,24)25)21-12-11-20-18(21)16-5-3-4-6-17(16)19(22)23/h3-13H,1-2H3,(H,22,23)/t13-/m1/s1. The Balaban J connectivity index is 2.02. The first-order chi connectivity index (χ1) is 12.3. The van der Waals surface area contributed by atoms with Crippen molar-refractivity contribution in [2.24, 2.45) is 0 Å². The van der Waals surface area contributed by atoms with Gasteiger partial charge >= 0.3 is 5.97 Å².